The van der Waals surface area contributed by atoms with E-state index in [4.69, 9.17) is 9.26 Å². The van der Waals surface area contributed by atoms with Crippen LogP contribution in [0.5, 0.6) is 0 Å². The molecule has 0 radical (unpaired) electrons. The van der Waals surface area contributed by atoms with Crippen LogP contribution in [0.4, 0.5) is 5.69 Å². The number of ether oxygens (including phenoxy) is 1. The van der Waals surface area contributed by atoms with Crippen molar-refractivity contribution < 1.29 is 27.3 Å². The first-order valence-electron chi connectivity index (χ1n) is 9.95. The molecule has 0 fully saturated rings. The topological polar surface area (TPSA) is 128 Å². The van der Waals surface area contributed by atoms with Gasteiger partial charge < -0.3 is 14.6 Å². The predicted molar refractivity (Wildman–Crippen MR) is 116 cm³/mol. The maximum Gasteiger partial charge on any atom is 0.338 e. The molecular formula is C22H23N3O6S. The highest BCUT2D eigenvalue weighted by Gasteiger charge is 2.19. The molecule has 0 atom stereocenters. The van der Waals surface area contributed by atoms with E-state index >= 15 is 0 Å². The van der Waals surface area contributed by atoms with Gasteiger partial charge in [0, 0.05) is 18.5 Å². The smallest absolute Gasteiger partial charge is 0.338 e. The molecule has 0 bridgehead atoms. The molecule has 0 saturated heterocycles. The maximum atomic E-state index is 12.5. The SMILES string of the molecule is CCOC(=O)c1ccc(NC(=O)CCc2nc(CS(=O)(=O)c3ccc(C)cc3)no2)cc1. The molecule has 0 aliphatic rings. The fraction of sp³-hybridized carbons (Fsp3) is 0.273. The summed E-state index contributed by atoms with van der Waals surface area (Å²) in [6, 6.07) is 12.8. The number of rotatable bonds is 9. The Labute approximate surface area is 185 Å². The lowest BCUT2D eigenvalue weighted by atomic mass is 10.2. The van der Waals surface area contributed by atoms with Crippen molar-refractivity contribution in [1.82, 2.24) is 10.1 Å². The van der Waals surface area contributed by atoms with Crippen LogP contribution in [0.15, 0.2) is 57.9 Å². The Kier molecular flexibility index (Phi) is 7.37. The van der Waals surface area contributed by atoms with Crippen molar-refractivity contribution in [3.8, 4) is 0 Å². The minimum Gasteiger partial charge on any atom is -0.462 e. The molecule has 1 amide bonds. The number of nitrogens with one attached hydrogen (secondary N) is 1. The van der Waals surface area contributed by atoms with Crippen LogP contribution >= 0.6 is 0 Å². The van der Waals surface area contributed by atoms with Gasteiger partial charge in [-0.25, -0.2) is 13.2 Å². The molecule has 0 aliphatic heterocycles. The maximum absolute atomic E-state index is 12.5. The van der Waals surface area contributed by atoms with Gasteiger partial charge >= 0.3 is 5.97 Å². The molecule has 1 heterocycles. The lowest BCUT2D eigenvalue weighted by Gasteiger charge is -2.06. The highest BCUT2D eigenvalue weighted by Crippen LogP contribution is 2.16. The van der Waals surface area contributed by atoms with Gasteiger partial charge in [-0.3, -0.25) is 4.79 Å². The molecule has 0 saturated carbocycles. The highest BCUT2D eigenvalue weighted by molar-refractivity contribution is 7.90. The molecule has 0 aliphatic carbocycles. The van der Waals surface area contributed by atoms with Crippen LogP contribution in [0.1, 0.15) is 41.0 Å². The monoisotopic (exact) mass is 457 g/mol. The summed E-state index contributed by atoms with van der Waals surface area (Å²) >= 11 is 0. The molecule has 1 aromatic heterocycles. The fourth-order valence-electron chi connectivity index (χ4n) is 2.80. The first-order chi connectivity index (χ1) is 15.3. The van der Waals surface area contributed by atoms with Crippen LogP contribution in [0.2, 0.25) is 0 Å². The van der Waals surface area contributed by atoms with Crippen molar-refractivity contribution in [3.63, 3.8) is 0 Å². The van der Waals surface area contributed by atoms with Gasteiger partial charge in [0.2, 0.25) is 11.8 Å². The largest absolute Gasteiger partial charge is 0.462 e. The molecule has 0 unspecified atom stereocenters. The van der Waals surface area contributed by atoms with E-state index in [1.165, 1.54) is 12.1 Å². The van der Waals surface area contributed by atoms with Gasteiger partial charge in [0.25, 0.3) is 0 Å². The van der Waals surface area contributed by atoms with Crippen LogP contribution < -0.4 is 5.32 Å². The summed E-state index contributed by atoms with van der Waals surface area (Å²) in [5, 5.41) is 6.41. The first-order valence-corrected chi connectivity index (χ1v) is 11.6. The van der Waals surface area contributed by atoms with Gasteiger partial charge in [-0.2, -0.15) is 4.98 Å². The Balaban J connectivity index is 1.52. The number of carbonyl (C=O) groups excluding carboxylic acids is 2. The van der Waals surface area contributed by atoms with E-state index in [0.29, 0.717) is 11.3 Å². The van der Waals surface area contributed by atoms with Gasteiger partial charge in [0.15, 0.2) is 15.7 Å². The zero-order chi connectivity index (χ0) is 23.1. The molecule has 0 spiro atoms. The fourth-order valence-corrected chi connectivity index (χ4v) is 3.97. The number of aromatic nitrogens is 2. The van der Waals surface area contributed by atoms with Crippen molar-refractivity contribution in [2.75, 3.05) is 11.9 Å². The minimum atomic E-state index is -3.60. The number of aryl methyl sites for hydroxylation is 2. The normalized spacial score (nSPS) is 11.2. The van der Waals surface area contributed by atoms with E-state index in [1.807, 2.05) is 6.92 Å². The average molecular weight is 458 g/mol. The number of esters is 1. The van der Waals surface area contributed by atoms with Crippen LogP contribution in [0, 0.1) is 6.92 Å². The second-order valence-electron chi connectivity index (χ2n) is 7.02. The molecule has 1 N–H and O–H groups in total. The lowest BCUT2D eigenvalue weighted by Crippen LogP contribution is -2.13. The van der Waals surface area contributed by atoms with Gasteiger partial charge in [-0.1, -0.05) is 22.9 Å². The van der Waals surface area contributed by atoms with Gasteiger partial charge in [0.1, 0.15) is 5.75 Å². The quantitative estimate of drug-likeness (QED) is 0.485. The van der Waals surface area contributed by atoms with Crippen LogP contribution in [-0.2, 0) is 31.5 Å². The summed E-state index contributed by atoms with van der Waals surface area (Å²) in [5.74, 6) is -0.899. The molecule has 3 aromatic rings. The van der Waals surface area contributed by atoms with Gasteiger partial charge in [-0.15, -0.1) is 0 Å². The van der Waals surface area contributed by atoms with E-state index in [1.54, 1.807) is 43.3 Å². The van der Waals surface area contributed by atoms with Crippen molar-refractivity contribution in [2.45, 2.75) is 37.3 Å². The molecule has 9 nitrogen and oxygen atoms in total. The van der Waals surface area contributed by atoms with Crippen LogP contribution in [0.3, 0.4) is 0 Å². The average Bonchev–Trinajstić information content (AvgIpc) is 3.20. The Bertz CT molecular complexity index is 1190. The third kappa shape index (κ3) is 6.24. The molecule has 2 aromatic carbocycles. The van der Waals surface area contributed by atoms with Crippen molar-refractivity contribution in [2.24, 2.45) is 0 Å². The number of anilines is 1. The highest BCUT2D eigenvalue weighted by atomic mass is 32.2. The third-order valence-electron chi connectivity index (χ3n) is 4.46. The van der Waals surface area contributed by atoms with Crippen molar-refractivity contribution >= 4 is 27.4 Å². The summed E-state index contributed by atoms with van der Waals surface area (Å²) in [5.41, 5.74) is 1.88. The summed E-state index contributed by atoms with van der Waals surface area (Å²) < 4.78 is 34.9. The number of hydrogen-bond donors (Lipinski definition) is 1. The van der Waals surface area contributed by atoms with Crippen LogP contribution in [-0.4, -0.2) is 37.0 Å². The van der Waals surface area contributed by atoms with Crippen molar-refractivity contribution in [3.05, 3.63) is 71.4 Å². The van der Waals surface area contributed by atoms with Crippen LogP contribution in [0.25, 0.3) is 0 Å². The number of hydrogen-bond acceptors (Lipinski definition) is 8. The van der Waals surface area contributed by atoms with Crippen molar-refractivity contribution in [1.29, 1.82) is 0 Å². The summed E-state index contributed by atoms with van der Waals surface area (Å²) in [7, 11) is -3.60. The first kappa shape index (κ1) is 23.1. The molecule has 168 valence electrons. The van der Waals surface area contributed by atoms with Gasteiger partial charge in [0.05, 0.1) is 17.1 Å². The molecular weight excluding hydrogens is 434 g/mol. The summed E-state index contributed by atoms with van der Waals surface area (Å²) in [6.07, 6.45) is 0.219. The zero-order valence-corrected chi connectivity index (χ0v) is 18.5. The minimum absolute atomic E-state index is 0.0375. The standard InChI is InChI=1S/C22H23N3O6S/c1-3-30-22(27)16-6-8-17(9-7-16)23-20(26)12-13-21-24-19(25-31-21)14-32(28,29)18-10-4-15(2)5-11-18/h4-11H,3,12-14H2,1-2H3,(H,23,26). The third-order valence-corrected chi connectivity index (χ3v) is 6.08. The predicted octanol–water partition coefficient (Wildman–Crippen LogP) is 3.10. The number of sulfone groups is 1. The Morgan fingerprint density at radius 3 is 2.41 bits per heavy atom. The summed E-state index contributed by atoms with van der Waals surface area (Å²) in [6.45, 7) is 3.88. The Morgan fingerprint density at radius 2 is 1.75 bits per heavy atom. The van der Waals surface area contributed by atoms with Gasteiger partial charge in [-0.05, 0) is 50.2 Å². The number of carbonyl (C=O) groups is 2. The number of amides is 1. The zero-order valence-electron chi connectivity index (χ0n) is 17.7. The Morgan fingerprint density at radius 1 is 1.06 bits per heavy atom. The number of benzene rings is 2. The Hall–Kier alpha value is -3.53. The van der Waals surface area contributed by atoms with E-state index < -0.39 is 21.6 Å². The van der Waals surface area contributed by atoms with E-state index in [2.05, 4.69) is 15.5 Å². The summed E-state index contributed by atoms with van der Waals surface area (Å²) in [4.78, 5) is 28.1. The second kappa shape index (κ2) is 10.2. The number of nitrogens with zero attached hydrogens (tertiary/aromatic N) is 2. The second-order valence-corrected chi connectivity index (χ2v) is 9.01. The van der Waals surface area contributed by atoms with E-state index in [0.717, 1.165) is 5.56 Å². The lowest BCUT2D eigenvalue weighted by molar-refractivity contribution is -0.116. The molecule has 3 rings (SSSR count). The van der Waals surface area contributed by atoms with E-state index in [9.17, 15) is 18.0 Å². The molecule has 32 heavy (non-hydrogen) atoms. The van der Waals surface area contributed by atoms with E-state index in [-0.39, 0.29) is 42.0 Å². The molecule has 10 heteroatoms.